The Morgan fingerprint density at radius 2 is 1.35 bits per heavy atom. The zero-order chi connectivity index (χ0) is 20.7. The van der Waals surface area contributed by atoms with Gasteiger partial charge in [-0.1, -0.05) is 0 Å². The number of hydrogen-bond donors (Lipinski definition) is 1. The van der Waals surface area contributed by atoms with Crippen LogP contribution in [0, 0.1) is 5.82 Å². The van der Waals surface area contributed by atoms with Crippen molar-refractivity contribution in [1.82, 2.24) is 0 Å². The predicted octanol–water partition coefficient (Wildman–Crippen LogP) is 5.15. The summed E-state index contributed by atoms with van der Waals surface area (Å²) in [5.74, 6) is -7.06. The molecule has 0 aliphatic carbocycles. The molecule has 0 bridgehead atoms. The monoisotopic (exact) mass is 402 g/mol. The maximum absolute atomic E-state index is 13.4. The summed E-state index contributed by atoms with van der Waals surface area (Å²) in [4.78, 5) is 11.1. The van der Waals surface area contributed by atoms with Gasteiger partial charge in [0.25, 0.3) is 0 Å². The number of ketones is 1. The molecule has 0 atom stereocenters. The summed E-state index contributed by atoms with van der Waals surface area (Å²) < 4.78 is 138. The van der Waals surface area contributed by atoms with E-state index in [0.29, 0.717) is 6.07 Å². The summed E-state index contributed by atoms with van der Waals surface area (Å²) in [5, 5.41) is 9.32. The molecule has 0 radical (unpaired) electrons. The third-order valence-corrected chi connectivity index (χ3v) is 2.96. The Labute approximate surface area is 136 Å². The average molecular weight is 402 g/mol. The lowest BCUT2D eigenvalue weighted by molar-refractivity contribution is -0.323. The third kappa shape index (κ3) is 3.90. The van der Waals surface area contributed by atoms with Crippen molar-refractivity contribution in [1.29, 1.82) is 0 Å². The molecule has 0 aromatic heterocycles. The van der Waals surface area contributed by atoms with E-state index in [2.05, 4.69) is 0 Å². The van der Waals surface area contributed by atoms with E-state index in [-0.39, 0.29) is 12.1 Å². The van der Waals surface area contributed by atoms with Crippen molar-refractivity contribution in [2.24, 2.45) is 0 Å². The van der Waals surface area contributed by atoms with Crippen LogP contribution in [0.4, 0.5) is 48.3 Å². The van der Waals surface area contributed by atoms with Crippen molar-refractivity contribution in [3.8, 4) is 0 Å². The van der Waals surface area contributed by atoms with Gasteiger partial charge in [-0.3, -0.25) is 4.79 Å². The smallest absolute Gasteiger partial charge is 0.439 e. The first kappa shape index (κ1) is 21.7. The fraction of sp³-hybridized carbons (Fsp3) is 0.308. The highest BCUT2D eigenvalue weighted by Crippen LogP contribution is 2.47. The molecule has 26 heavy (non-hydrogen) atoms. The maximum Gasteiger partial charge on any atom is 0.439 e. The second-order valence-corrected chi connectivity index (χ2v) is 4.74. The number of hydrogen-bond acceptors (Lipinski definition) is 2. The van der Waals surface area contributed by atoms with E-state index in [4.69, 9.17) is 0 Å². The first-order valence-electron chi connectivity index (χ1n) is 6.07. The average Bonchev–Trinajstić information content (AvgIpc) is 2.42. The van der Waals surface area contributed by atoms with E-state index in [1.165, 1.54) is 0 Å². The molecule has 0 heterocycles. The summed E-state index contributed by atoms with van der Waals surface area (Å²) in [7, 11) is 0. The molecule has 0 unspecified atom stereocenters. The van der Waals surface area contributed by atoms with Crippen LogP contribution in [0.1, 0.15) is 11.1 Å². The van der Waals surface area contributed by atoms with Crippen LogP contribution in [-0.2, 0) is 11.0 Å². The Morgan fingerprint density at radius 3 is 1.73 bits per heavy atom. The number of rotatable bonds is 3. The largest absolute Gasteiger partial charge is 0.507 e. The molecule has 0 saturated heterocycles. The molecule has 1 N–H and O–H groups in total. The van der Waals surface area contributed by atoms with E-state index < -0.39 is 58.8 Å². The topological polar surface area (TPSA) is 37.3 Å². The summed E-state index contributed by atoms with van der Waals surface area (Å²) >= 11 is 0. The lowest BCUT2D eigenvalue weighted by Gasteiger charge is -2.27. The molecule has 2 nitrogen and oxygen atoms in total. The minimum Gasteiger partial charge on any atom is -0.507 e. The highest BCUT2D eigenvalue weighted by molar-refractivity contribution is 6.02. The van der Waals surface area contributed by atoms with E-state index >= 15 is 0 Å². The normalized spacial score (nSPS) is 14.5. The van der Waals surface area contributed by atoms with Crippen LogP contribution in [0.3, 0.4) is 0 Å². The zero-order valence-corrected chi connectivity index (χ0v) is 11.8. The van der Waals surface area contributed by atoms with E-state index in [9.17, 15) is 58.2 Å². The minimum absolute atomic E-state index is 0.0862. The second kappa shape index (κ2) is 6.43. The number of halogens is 11. The van der Waals surface area contributed by atoms with Gasteiger partial charge < -0.3 is 5.11 Å². The van der Waals surface area contributed by atoms with Crippen LogP contribution < -0.4 is 0 Å². The number of carbonyl (C=O) groups is 1. The van der Waals surface area contributed by atoms with Crippen molar-refractivity contribution >= 4 is 11.5 Å². The first-order chi connectivity index (χ1) is 11.4. The van der Waals surface area contributed by atoms with Crippen molar-refractivity contribution in [2.45, 2.75) is 24.2 Å². The lowest BCUT2D eigenvalue weighted by Crippen LogP contribution is -2.58. The fourth-order valence-corrected chi connectivity index (χ4v) is 1.65. The van der Waals surface area contributed by atoms with Gasteiger partial charge in [0.1, 0.15) is 11.6 Å². The molecule has 0 saturated carbocycles. The van der Waals surface area contributed by atoms with Crippen molar-refractivity contribution in [3.63, 3.8) is 0 Å². The molecule has 1 rings (SSSR count). The van der Waals surface area contributed by atoms with Crippen molar-refractivity contribution < 1.29 is 58.2 Å². The van der Waals surface area contributed by atoms with Crippen LogP contribution in [0.2, 0.25) is 0 Å². The summed E-state index contributed by atoms with van der Waals surface area (Å²) in [6.45, 7) is 0. The third-order valence-electron chi connectivity index (χ3n) is 2.96. The number of benzene rings is 1. The van der Waals surface area contributed by atoms with E-state index in [1.54, 1.807) is 0 Å². The number of aliphatic hydroxyl groups excluding tert-OH is 1. The van der Waals surface area contributed by atoms with Crippen molar-refractivity contribution in [3.05, 3.63) is 41.2 Å². The van der Waals surface area contributed by atoms with Gasteiger partial charge in [0.05, 0.1) is 5.56 Å². The molecular weight excluding hydrogens is 397 g/mol. The Kier molecular flexibility index (Phi) is 5.37. The predicted molar refractivity (Wildman–Crippen MR) is 63.0 cm³/mol. The molecule has 1 aromatic carbocycles. The Hall–Kier alpha value is -2.34. The van der Waals surface area contributed by atoms with Crippen LogP contribution in [0.25, 0.3) is 5.76 Å². The van der Waals surface area contributed by atoms with Gasteiger partial charge in [-0.15, -0.1) is 0 Å². The Balaban J connectivity index is 3.43. The Bertz CT molecular complexity index is 711. The number of allylic oxidation sites excluding steroid dienone is 1. The van der Waals surface area contributed by atoms with Gasteiger partial charge in [-0.2, -0.15) is 39.5 Å². The molecule has 0 spiro atoms. The quantitative estimate of drug-likeness (QED) is 0.432. The fourth-order valence-electron chi connectivity index (χ4n) is 1.65. The minimum atomic E-state index is -6.76. The highest BCUT2D eigenvalue weighted by atomic mass is 19.4. The van der Waals surface area contributed by atoms with Crippen LogP contribution in [0.5, 0.6) is 0 Å². The second-order valence-electron chi connectivity index (χ2n) is 4.74. The van der Waals surface area contributed by atoms with Gasteiger partial charge in [0.15, 0.2) is 0 Å². The van der Waals surface area contributed by atoms with Crippen molar-refractivity contribution in [2.75, 3.05) is 0 Å². The first-order valence-corrected chi connectivity index (χ1v) is 6.07. The lowest BCUT2D eigenvalue weighted by atomic mass is 9.97. The molecule has 0 aliphatic heterocycles. The van der Waals surface area contributed by atoms with Gasteiger partial charge in [-0.05, 0) is 18.2 Å². The summed E-state index contributed by atoms with van der Waals surface area (Å²) in [5.41, 5.74) is -9.60. The molecule has 13 heteroatoms. The van der Waals surface area contributed by atoms with Crippen LogP contribution in [0.15, 0.2) is 24.3 Å². The zero-order valence-electron chi connectivity index (χ0n) is 11.8. The summed E-state index contributed by atoms with van der Waals surface area (Å²) in [6, 6.07) is 0.225. The number of carbonyl (C=O) groups excluding carboxylic acids is 1. The number of alkyl halides is 10. The van der Waals surface area contributed by atoms with Gasteiger partial charge in [-0.25, -0.2) is 8.78 Å². The molecule has 146 valence electrons. The van der Waals surface area contributed by atoms with E-state index in [1.807, 2.05) is 0 Å². The SMILES string of the molecule is O=C(/C=C(\O)c1ccc(F)c(C(F)(F)F)c1)C(F)(C(F)(F)F)C(F)(F)F. The molecule has 0 fully saturated rings. The van der Waals surface area contributed by atoms with Gasteiger partial charge in [0, 0.05) is 11.6 Å². The maximum atomic E-state index is 13.4. The Morgan fingerprint density at radius 1 is 0.885 bits per heavy atom. The molecule has 1 aromatic rings. The van der Waals surface area contributed by atoms with Gasteiger partial charge in [0.2, 0.25) is 5.78 Å². The van der Waals surface area contributed by atoms with Gasteiger partial charge >= 0.3 is 24.2 Å². The highest BCUT2D eigenvalue weighted by Gasteiger charge is 2.76. The molecule has 0 aliphatic rings. The molecule has 0 amide bonds. The standard InChI is InChI=1S/C13H5F11O2/c14-7-2-1-5(3-6(7)11(16,17)18)8(25)4-9(26)10(15,12(19,20)21)13(22,23)24/h1-4,25H/b8-4-. The summed E-state index contributed by atoms with van der Waals surface area (Å²) in [6.07, 6.45) is -19.7. The number of aliphatic hydroxyl groups is 1. The molecular formula is C13H5F11O2. The van der Waals surface area contributed by atoms with Crippen LogP contribution in [-0.4, -0.2) is 28.9 Å². The van der Waals surface area contributed by atoms with Crippen LogP contribution >= 0.6 is 0 Å². The van der Waals surface area contributed by atoms with E-state index in [0.717, 1.165) is 0 Å².